The quantitative estimate of drug-likeness (QED) is 0.683. The molecule has 0 aromatic carbocycles. The van der Waals surface area contributed by atoms with Gasteiger partial charge in [-0.05, 0) is 37.5 Å². The van der Waals surface area contributed by atoms with E-state index in [0.29, 0.717) is 5.92 Å². The monoisotopic (exact) mass is 226 g/mol. The smallest absolute Gasteiger partial charge is 0.0650 e. The Morgan fingerprint density at radius 2 is 2.00 bits per heavy atom. The van der Waals surface area contributed by atoms with Crippen LogP contribution < -0.4 is 0 Å². The van der Waals surface area contributed by atoms with E-state index in [9.17, 15) is 5.11 Å². The molecule has 0 aromatic heterocycles. The Morgan fingerprint density at radius 1 is 1.25 bits per heavy atom. The topological polar surface area (TPSA) is 20.2 Å². The Kier molecular flexibility index (Phi) is 5.82. The molecule has 0 aliphatic heterocycles. The summed E-state index contributed by atoms with van der Waals surface area (Å²) < 4.78 is 0. The summed E-state index contributed by atoms with van der Waals surface area (Å²) >= 11 is 0. The molecule has 1 fully saturated rings. The molecule has 1 N–H and O–H groups in total. The van der Waals surface area contributed by atoms with E-state index in [4.69, 9.17) is 0 Å². The molecule has 0 radical (unpaired) electrons. The Morgan fingerprint density at radius 3 is 2.62 bits per heavy atom. The molecule has 1 nitrogen and oxygen atoms in total. The van der Waals surface area contributed by atoms with Crippen molar-refractivity contribution in [3.63, 3.8) is 0 Å². The Labute approximate surface area is 102 Å². The van der Waals surface area contributed by atoms with Crippen LogP contribution in [0, 0.1) is 11.8 Å². The molecule has 0 amide bonds. The fourth-order valence-electron chi connectivity index (χ4n) is 3.16. The van der Waals surface area contributed by atoms with Gasteiger partial charge in [-0.25, -0.2) is 0 Å². The van der Waals surface area contributed by atoms with Crippen LogP contribution >= 0.6 is 0 Å². The summed E-state index contributed by atoms with van der Waals surface area (Å²) in [6.07, 6.45) is 10.8. The van der Waals surface area contributed by atoms with Crippen LogP contribution in [-0.2, 0) is 0 Å². The van der Waals surface area contributed by atoms with Gasteiger partial charge in [0.15, 0.2) is 0 Å². The average Bonchev–Trinajstić information content (AvgIpc) is 2.42. The minimum absolute atomic E-state index is 0.335. The third kappa shape index (κ3) is 4.45. The maximum Gasteiger partial charge on any atom is 0.0650 e. The molecule has 3 unspecified atom stereocenters. The van der Waals surface area contributed by atoms with Gasteiger partial charge in [-0.15, -0.1) is 0 Å². The predicted molar refractivity (Wildman–Crippen MR) is 70.5 cm³/mol. The number of hydrogen-bond acceptors (Lipinski definition) is 1. The van der Waals surface area contributed by atoms with Crippen molar-refractivity contribution in [2.45, 2.75) is 84.2 Å². The molecule has 0 saturated heterocycles. The SMILES string of the molecule is CCCC1CCCC(O)(CC(C)CC)CC1. The van der Waals surface area contributed by atoms with Crippen molar-refractivity contribution in [3.05, 3.63) is 0 Å². The molecule has 1 rings (SSSR count). The molecular weight excluding hydrogens is 196 g/mol. The summed E-state index contributed by atoms with van der Waals surface area (Å²) in [5.41, 5.74) is -0.335. The van der Waals surface area contributed by atoms with Crippen molar-refractivity contribution in [1.29, 1.82) is 0 Å². The fourth-order valence-corrected chi connectivity index (χ4v) is 3.16. The molecule has 0 bridgehead atoms. The molecule has 16 heavy (non-hydrogen) atoms. The van der Waals surface area contributed by atoms with Crippen LogP contribution in [0.15, 0.2) is 0 Å². The van der Waals surface area contributed by atoms with Crippen LogP contribution in [0.1, 0.15) is 78.6 Å². The molecular formula is C15H30O. The van der Waals surface area contributed by atoms with Crippen LogP contribution in [0.4, 0.5) is 0 Å². The van der Waals surface area contributed by atoms with Gasteiger partial charge in [-0.3, -0.25) is 0 Å². The van der Waals surface area contributed by atoms with Gasteiger partial charge in [0.05, 0.1) is 5.60 Å². The minimum Gasteiger partial charge on any atom is -0.390 e. The van der Waals surface area contributed by atoms with Crippen molar-refractivity contribution in [2.75, 3.05) is 0 Å². The first-order valence-electron chi connectivity index (χ1n) is 7.32. The Balaban J connectivity index is 2.44. The van der Waals surface area contributed by atoms with Gasteiger partial charge >= 0.3 is 0 Å². The summed E-state index contributed by atoms with van der Waals surface area (Å²) in [5, 5.41) is 10.6. The highest BCUT2D eigenvalue weighted by Crippen LogP contribution is 2.36. The lowest BCUT2D eigenvalue weighted by Crippen LogP contribution is -2.30. The highest BCUT2D eigenvalue weighted by Gasteiger charge is 2.31. The first-order valence-corrected chi connectivity index (χ1v) is 7.32. The van der Waals surface area contributed by atoms with Crippen LogP contribution in [0.25, 0.3) is 0 Å². The third-order valence-electron chi connectivity index (χ3n) is 4.39. The van der Waals surface area contributed by atoms with E-state index in [0.717, 1.165) is 25.2 Å². The van der Waals surface area contributed by atoms with Gasteiger partial charge in [0.1, 0.15) is 0 Å². The molecule has 0 aromatic rings. The van der Waals surface area contributed by atoms with E-state index >= 15 is 0 Å². The molecule has 0 spiro atoms. The van der Waals surface area contributed by atoms with E-state index in [1.54, 1.807) is 0 Å². The summed E-state index contributed by atoms with van der Waals surface area (Å²) in [4.78, 5) is 0. The second-order valence-electron chi connectivity index (χ2n) is 6.03. The van der Waals surface area contributed by atoms with Crippen LogP contribution in [0.5, 0.6) is 0 Å². The van der Waals surface area contributed by atoms with Gasteiger partial charge < -0.3 is 5.11 Å². The maximum absolute atomic E-state index is 10.6. The zero-order valence-electron chi connectivity index (χ0n) is 11.5. The van der Waals surface area contributed by atoms with Crippen molar-refractivity contribution in [1.82, 2.24) is 0 Å². The molecule has 0 heterocycles. The van der Waals surface area contributed by atoms with E-state index in [1.165, 1.54) is 38.5 Å². The summed E-state index contributed by atoms with van der Waals surface area (Å²) in [6, 6.07) is 0. The summed E-state index contributed by atoms with van der Waals surface area (Å²) in [5.74, 6) is 1.56. The van der Waals surface area contributed by atoms with Crippen molar-refractivity contribution in [2.24, 2.45) is 11.8 Å². The Bertz CT molecular complexity index is 190. The summed E-state index contributed by atoms with van der Waals surface area (Å²) in [7, 11) is 0. The average molecular weight is 226 g/mol. The molecule has 1 aliphatic rings. The maximum atomic E-state index is 10.6. The van der Waals surface area contributed by atoms with Gasteiger partial charge in [0.2, 0.25) is 0 Å². The van der Waals surface area contributed by atoms with Crippen LogP contribution in [0.2, 0.25) is 0 Å². The van der Waals surface area contributed by atoms with Gasteiger partial charge in [0, 0.05) is 0 Å². The molecule has 1 heteroatoms. The number of aliphatic hydroxyl groups is 1. The Hall–Kier alpha value is -0.0400. The second-order valence-corrected chi connectivity index (χ2v) is 6.03. The molecule has 96 valence electrons. The minimum atomic E-state index is -0.335. The fraction of sp³-hybridized carbons (Fsp3) is 1.00. The van der Waals surface area contributed by atoms with Crippen molar-refractivity contribution < 1.29 is 5.11 Å². The van der Waals surface area contributed by atoms with E-state index < -0.39 is 0 Å². The zero-order chi connectivity index (χ0) is 12.0. The van der Waals surface area contributed by atoms with Crippen molar-refractivity contribution >= 4 is 0 Å². The summed E-state index contributed by atoms with van der Waals surface area (Å²) in [6.45, 7) is 6.77. The molecule has 3 atom stereocenters. The largest absolute Gasteiger partial charge is 0.390 e. The predicted octanol–water partition coefficient (Wildman–Crippen LogP) is 4.53. The second kappa shape index (κ2) is 6.64. The highest BCUT2D eigenvalue weighted by atomic mass is 16.3. The van der Waals surface area contributed by atoms with Gasteiger partial charge in [-0.1, -0.05) is 52.9 Å². The standard InChI is InChI=1S/C15H30O/c1-4-7-14-8-6-10-15(16,11-9-14)12-13(3)5-2/h13-14,16H,4-12H2,1-3H3. The normalized spacial score (nSPS) is 33.4. The van der Waals surface area contributed by atoms with E-state index in [2.05, 4.69) is 20.8 Å². The van der Waals surface area contributed by atoms with Crippen LogP contribution in [-0.4, -0.2) is 10.7 Å². The zero-order valence-corrected chi connectivity index (χ0v) is 11.5. The van der Waals surface area contributed by atoms with Crippen molar-refractivity contribution in [3.8, 4) is 0 Å². The molecule has 1 saturated carbocycles. The number of rotatable bonds is 5. The van der Waals surface area contributed by atoms with Gasteiger partial charge in [-0.2, -0.15) is 0 Å². The van der Waals surface area contributed by atoms with E-state index in [-0.39, 0.29) is 5.60 Å². The highest BCUT2D eigenvalue weighted by molar-refractivity contribution is 4.84. The molecule has 1 aliphatic carbocycles. The van der Waals surface area contributed by atoms with E-state index in [1.807, 2.05) is 0 Å². The number of hydrogen-bond donors (Lipinski definition) is 1. The third-order valence-corrected chi connectivity index (χ3v) is 4.39. The first-order chi connectivity index (χ1) is 7.59. The van der Waals surface area contributed by atoms with Crippen LogP contribution in [0.3, 0.4) is 0 Å². The lowest BCUT2D eigenvalue weighted by molar-refractivity contribution is 0.00180. The lowest BCUT2D eigenvalue weighted by Gasteiger charge is -2.29. The lowest BCUT2D eigenvalue weighted by atomic mass is 9.84. The van der Waals surface area contributed by atoms with Gasteiger partial charge in [0.25, 0.3) is 0 Å². The first kappa shape index (κ1) is 14.0.